The zero-order valence-electron chi connectivity index (χ0n) is 16.2. The molecule has 0 atom stereocenters. The van der Waals surface area contributed by atoms with Crippen LogP contribution in [0.1, 0.15) is 11.1 Å². The standard InChI is InChI=1S/C24H18N2O4/c1-29-23-19(17-8-7-15-4-2-5-16(15)12-17)13-18(14-20(23)21-6-3-11-30-21)26-10-9-22(27)25-24(26)28/h2-4,6-14H,5H2,1H3,(H,25,27,28). The number of benzene rings is 2. The van der Waals surface area contributed by atoms with Crippen LogP contribution in [0.5, 0.6) is 5.75 Å². The lowest BCUT2D eigenvalue weighted by atomic mass is 9.96. The number of ether oxygens (including phenoxy) is 1. The van der Waals surface area contributed by atoms with Gasteiger partial charge in [0, 0.05) is 17.8 Å². The smallest absolute Gasteiger partial charge is 0.332 e. The number of hydrogen-bond donors (Lipinski definition) is 1. The Hall–Kier alpha value is -4.06. The van der Waals surface area contributed by atoms with E-state index < -0.39 is 11.2 Å². The number of aromatic nitrogens is 2. The molecule has 148 valence electrons. The molecule has 0 saturated carbocycles. The fraction of sp³-hybridized carbons (Fsp3) is 0.0833. The van der Waals surface area contributed by atoms with Gasteiger partial charge >= 0.3 is 5.69 Å². The Morgan fingerprint density at radius 2 is 1.93 bits per heavy atom. The fourth-order valence-electron chi connectivity index (χ4n) is 3.85. The molecule has 2 aromatic heterocycles. The van der Waals surface area contributed by atoms with Gasteiger partial charge in [-0.25, -0.2) is 4.79 Å². The SMILES string of the molecule is COc1c(-c2ccc3c(c2)CC=C3)cc(-n2ccc(=O)[nH]c2=O)cc1-c1ccco1. The van der Waals surface area contributed by atoms with Gasteiger partial charge in [-0.05, 0) is 47.4 Å². The third kappa shape index (κ3) is 2.99. The van der Waals surface area contributed by atoms with Crippen molar-refractivity contribution in [2.75, 3.05) is 7.11 Å². The van der Waals surface area contributed by atoms with Crippen molar-refractivity contribution >= 4 is 6.08 Å². The summed E-state index contributed by atoms with van der Waals surface area (Å²) in [5, 5.41) is 0. The van der Waals surface area contributed by atoms with Gasteiger partial charge < -0.3 is 9.15 Å². The number of nitrogens with one attached hydrogen (secondary N) is 1. The summed E-state index contributed by atoms with van der Waals surface area (Å²) in [5.41, 5.74) is 4.60. The molecule has 4 aromatic rings. The topological polar surface area (TPSA) is 77.2 Å². The van der Waals surface area contributed by atoms with Crippen LogP contribution in [0.25, 0.3) is 34.2 Å². The molecule has 2 aromatic carbocycles. The predicted molar refractivity (Wildman–Crippen MR) is 115 cm³/mol. The maximum atomic E-state index is 12.4. The van der Waals surface area contributed by atoms with Crippen LogP contribution in [0.15, 0.2) is 81.1 Å². The van der Waals surface area contributed by atoms with Gasteiger partial charge in [0.15, 0.2) is 0 Å². The van der Waals surface area contributed by atoms with Crippen molar-refractivity contribution in [2.45, 2.75) is 6.42 Å². The highest BCUT2D eigenvalue weighted by Gasteiger charge is 2.19. The molecule has 0 fully saturated rings. The molecule has 0 spiro atoms. The van der Waals surface area contributed by atoms with E-state index >= 15 is 0 Å². The van der Waals surface area contributed by atoms with E-state index in [1.807, 2.05) is 24.3 Å². The summed E-state index contributed by atoms with van der Waals surface area (Å²) < 4.78 is 12.8. The Balaban J connectivity index is 1.79. The average Bonchev–Trinajstić information content (AvgIpc) is 3.44. The van der Waals surface area contributed by atoms with Crippen molar-refractivity contribution in [3.8, 4) is 33.9 Å². The van der Waals surface area contributed by atoms with Crippen LogP contribution in [-0.2, 0) is 6.42 Å². The normalized spacial score (nSPS) is 12.2. The Morgan fingerprint density at radius 3 is 2.70 bits per heavy atom. The second-order valence-electron chi connectivity index (χ2n) is 7.05. The van der Waals surface area contributed by atoms with E-state index in [0.29, 0.717) is 22.8 Å². The maximum Gasteiger partial charge on any atom is 0.332 e. The lowest BCUT2D eigenvalue weighted by Gasteiger charge is -2.17. The number of aromatic amines is 1. The highest BCUT2D eigenvalue weighted by molar-refractivity contribution is 5.84. The Bertz CT molecular complexity index is 1390. The summed E-state index contributed by atoms with van der Waals surface area (Å²) in [4.78, 5) is 26.3. The number of nitrogens with zero attached hydrogens (tertiary/aromatic N) is 1. The first-order valence-corrected chi connectivity index (χ1v) is 9.52. The molecule has 1 aliphatic carbocycles. The third-order valence-electron chi connectivity index (χ3n) is 5.26. The lowest BCUT2D eigenvalue weighted by molar-refractivity contribution is 0.416. The van der Waals surface area contributed by atoms with E-state index in [0.717, 1.165) is 17.5 Å². The van der Waals surface area contributed by atoms with Crippen molar-refractivity contribution in [3.63, 3.8) is 0 Å². The number of allylic oxidation sites excluding steroid dienone is 1. The van der Waals surface area contributed by atoms with E-state index in [2.05, 4.69) is 29.3 Å². The summed E-state index contributed by atoms with van der Waals surface area (Å²) in [7, 11) is 1.62. The number of methoxy groups -OCH3 is 1. The van der Waals surface area contributed by atoms with E-state index in [4.69, 9.17) is 9.15 Å². The molecule has 5 rings (SSSR count). The summed E-state index contributed by atoms with van der Waals surface area (Å²) in [6.07, 6.45) is 8.19. The lowest BCUT2D eigenvalue weighted by Crippen LogP contribution is -2.27. The number of furan rings is 1. The molecule has 0 bridgehead atoms. The molecule has 6 heteroatoms. The molecule has 0 aliphatic heterocycles. The van der Waals surface area contributed by atoms with Gasteiger partial charge in [0.2, 0.25) is 0 Å². The first-order chi connectivity index (χ1) is 14.6. The minimum absolute atomic E-state index is 0.442. The van der Waals surface area contributed by atoms with Crippen LogP contribution in [-0.4, -0.2) is 16.7 Å². The fourth-order valence-corrected chi connectivity index (χ4v) is 3.85. The van der Waals surface area contributed by atoms with Crippen molar-refractivity contribution in [1.82, 2.24) is 9.55 Å². The number of hydrogen-bond acceptors (Lipinski definition) is 4. The van der Waals surface area contributed by atoms with Gasteiger partial charge in [-0.1, -0.05) is 30.4 Å². The number of fused-ring (bicyclic) bond motifs is 1. The summed E-state index contributed by atoms with van der Waals surface area (Å²) >= 11 is 0. The van der Waals surface area contributed by atoms with E-state index in [-0.39, 0.29) is 0 Å². The van der Waals surface area contributed by atoms with Gasteiger partial charge in [0.25, 0.3) is 5.56 Å². The van der Waals surface area contributed by atoms with E-state index in [9.17, 15) is 9.59 Å². The maximum absolute atomic E-state index is 12.4. The molecule has 2 heterocycles. The predicted octanol–water partition coefficient (Wildman–Crippen LogP) is 4.03. The van der Waals surface area contributed by atoms with Crippen LogP contribution >= 0.6 is 0 Å². The molecule has 0 unspecified atom stereocenters. The Kier molecular flexibility index (Phi) is 4.25. The molecule has 0 radical (unpaired) electrons. The second-order valence-corrected chi connectivity index (χ2v) is 7.05. The van der Waals surface area contributed by atoms with Crippen LogP contribution in [0.2, 0.25) is 0 Å². The van der Waals surface area contributed by atoms with Crippen molar-refractivity contribution in [3.05, 3.63) is 99.0 Å². The quantitative estimate of drug-likeness (QED) is 0.563. The molecular formula is C24H18N2O4. The minimum atomic E-state index is -0.512. The second kappa shape index (κ2) is 7.08. The molecule has 1 aliphatic rings. The minimum Gasteiger partial charge on any atom is -0.495 e. The number of H-pyrrole nitrogens is 1. The van der Waals surface area contributed by atoms with Crippen molar-refractivity contribution in [2.24, 2.45) is 0 Å². The highest BCUT2D eigenvalue weighted by atomic mass is 16.5. The molecule has 0 amide bonds. The monoisotopic (exact) mass is 398 g/mol. The summed E-state index contributed by atoms with van der Waals surface area (Å²) in [6.45, 7) is 0. The average molecular weight is 398 g/mol. The van der Waals surface area contributed by atoms with Gasteiger partial charge in [-0.2, -0.15) is 0 Å². The van der Waals surface area contributed by atoms with Gasteiger partial charge in [-0.3, -0.25) is 14.3 Å². The molecular weight excluding hydrogens is 380 g/mol. The van der Waals surface area contributed by atoms with Gasteiger partial charge in [-0.15, -0.1) is 0 Å². The van der Waals surface area contributed by atoms with E-state index in [1.54, 1.807) is 19.4 Å². The van der Waals surface area contributed by atoms with Gasteiger partial charge in [0.05, 0.1) is 24.6 Å². The Morgan fingerprint density at radius 1 is 1.07 bits per heavy atom. The van der Waals surface area contributed by atoms with Gasteiger partial charge in [0.1, 0.15) is 11.5 Å². The molecule has 6 nitrogen and oxygen atoms in total. The van der Waals surface area contributed by atoms with Crippen molar-refractivity contribution in [1.29, 1.82) is 0 Å². The largest absolute Gasteiger partial charge is 0.495 e. The summed E-state index contributed by atoms with van der Waals surface area (Å²) in [6, 6.07) is 14.9. The van der Waals surface area contributed by atoms with Crippen LogP contribution < -0.4 is 16.0 Å². The molecule has 1 N–H and O–H groups in total. The van der Waals surface area contributed by atoms with Crippen LogP contribution in [0.3, 0.4) is 0 Å². The highest BCUT2D eigenvalue weighted by Crippen LogP contribution is 2.41. The zero-order valence-corrected chi connectivity index (χ0v) is 16.2. The van der Waals surface area contributed by atoms with Crippen molar-refractivity contribution < 1.29 is 9.15 Å². The molecule has 30 heavy (non-hydrogen) atoms. The Labute approximate surface area is 171 Å². The van der Waals surface area contributed by atoms with Crippen LogP contribution in [0, 0.1) is 0 Å². The third-order valence-corrected chi connectivity index (χ3v) is 5.26. The first-order valence-electron chi connectivity index (χ1n) is 9.52. The number of rotatable bonds is 4. The molecule has 0 saturated heterocycles. The summed E-state index contributed by atoms with van der Waals surface area (Å²) in [5.74, 6) is 1.27. The van der Waals surface area contributed by atoms with E-state index in [1.165, 1.54) is 28.0 Å². The van der Waals surface area contributed by atoms with Crippen LogP contribution in [0.4, 0.5) is 0 Å². The first kappa shape index (κ1) is 18.0. The zero-order chi connectivity index (χ0) is 20.7.